The van der Waals surface area contributed by atoms with Crippen molar-refractivity contribution in [2.45, 2.75) is 45.3 Å². The summed E-state index contributed by atoms with van der Waals surface area (Å²) in [6.07, 6.45) is 2.26. The fourth-order valence-corrected chi connectivity index (χ4v) is 2.77. The van der Waals surface area contributed by atoms with Crippen molar-refractivity contribution < 1.29 is 9.84 Å². The van der Waals surface area contributed by atoms with Gasteiger partial charge in [0.05, 0.1) is 19.0 Å². The van der Waals surface area contributed by atoms with E-state index in [1.165, 1.54) is 0 Å². The monoisotopic (exact) mass is 319 g/mol. The number of hydrogen-bond donors (Lipinski definition) is 1. The molecule has 23 heavy (non-hydrogen) atoms. The second-order valence-corrected chi connectivity index (χ2v) is 7.11. The van der Waals surface area contributed by atoms with Gasteiger partial charge in [0, 0.05) is 32.2 Å². The lowest BCUT2D eigenvalue weighted by Crippen LogP contribution is -2.25. The third-order valence-corrected chi connectivity index (χ3v) is 4.12. The van der Waals surface area contributed by atoms with E-state index in [4.69, 9.17) is 14.7 Å². The van der Waals surface area contributed by atoms with Crippen LogP contribution in [0.25, 0.3) is 11.2 Å². The molecule has 126 valence electrons. The lowest BCUT2D eigenvalue weighted by molar-refractivity contribution is 0.188. The maximum atomic E-state index is 9.86. The molecule has 3 heterocycles. The van der Waals surface area contributed by atoms with Gasteiger partial charge in [-0.25, -0.2) is 15.0 Å². The van der Waals surface area contributed by atoms with E-state index in [1.54, 1.807) is 13.4 Å². The average molecular weight is 319 g/mol. The summed E-state index contributed by atoms with van der Waals surface area (Å²) < 4.78 is 7.18. The van der Waals surface area contributed by atoms with Crippen LogP contribution in [-0.2, 0) is 16.7 Å². The van der Waals surface area contributed by atoms with Crippen molar-refractivity contribution in [3.8, 4) is 0 Å². The predicted molar refractivity (Wildman–Crippen MR) is 88.7 cm³/mol. The van der Waals surface area contributed by atoms with E-state index in [1.807, 2.05) is 4.57 Å². The van der Waals surface area contributed by atoms with Crippen molar-refractivity contribution in [3.05, 3.63) is 12.2 Å². The number of aliphatic hydroxyl groups is 1. The number of methoxy groups -OCH3 is 1. The van der Waals surface area contributed by atoms with Gasteiger partial charge in [-0.05, 0) is 6.42 Å². The third-order valence-electron chi connectivity index (χ3n) is 4.12. The maximum Gasteiger partial charge on any atom is 0.165 e. The number of anilines is 1. The molecule has 1 saturated heterocycles. The molecule has 7 heteroatoms. The van der Waals surface area contributed by atoms with Crippen LogP contribution in [0.1, 0.15) is 33.0 Å². The molecule has 0 spiro atoms. The highest BCUT2D eigenvalue weighted by atomic mass is 16.5. The van der Waals surface area contributed by atoms with Crippen LogP contribution in [0.2, 0.25) is 0 Å². The first-order valence-corrected chi connectivity index (χ1v) is 8.05. The van der Waals surface area contributed by atoms with E-state index in [0.717, 1.165) is 35.8 Å². The number of hydrogen-bond acceptors (Lipinski definition) is 6. The standard InChI is InChI=1S/C16H25N5O2/c1-16(2,3)15-18-13(20-6-5-11(22)9-20)12-14(19-15)21(10-17-12)7-8-23-4/h10-11,22H,5-9H2,1-4H3. The van der Waals surface area contributed by atoms with Crippen LogP contribution in [-0.4, -0.2) is 57.5 Å². The van der Waals surface area contributed by atoms with Crippen molar-refractivity contribution in [3.63, 3.8) is 0 Å². The average Bonchev–Trinajstić information content (AvgIpc) is 3.09. The normalized spacial score (nSPS) is 19.0. The van der Waals surface area contributed by atoms with Crippen LogP contribution in [0.3, 0.4) is 0 Å². The van der Waals surface area contributed by atoms with E-state index in [9.17, 15) is 5.11 Å². The van der Waals surface area contributed by atoms with E-state index in [-0.39, 0.29) is 11.5 Å². The summed E-state index contributed by atoms with van der Waals surface area (Å²) in [5.74, 6) is 1.62. The zero-order chi connectivity index (χ0) is 16.6. The topological polar surface area (TPSA) is 76.3 Å². The number of rotatable bonds is 4. The summed E-state index contributed by atoms with van der Waals surface area (Å²) in [4.78, 5) is 16.2. The van der Waals surface area contributed by atoms with Gasteiger partial charge in [-0.1, -0.05) is 20.8 Å². The van der Waals surface area contributed by atoms with Gasteiger partial charge < -0.3 is 19.3 Å². The molecule has 0 saturated carbocycles. The Morgan fingerprint density at radius 2 is 2.13 bits per heavy atom. The summed E-state index contributed by atoms with van der Waals surface area (Å²) in [6, 6.07) is 0. The Kier molecular flexibility index (Phi) is 4.25. The van der Waals surface area contributed by atoms with Crippen molar-refractivity contribution in [2.24, 2.45) is 0 Å². The number of aliphatic hydroxyl groups excluding tert-OH is 1. The fourth-order valence-electron chi connectivity index (χ4n) is 2.77. The van der Waals surface area contributed by atoms with Crippen LogP contribution in [0.4, 0.5) is 5.82 Å². The number of nitrogens with zero attached hydrogens (tertiary/aromatic N) is 5. The molecular weight excluding hydrogens is 294 g/mol. The largest absolute Gasteiger partial charge is 0.391 e. The Morgan fingerprint density at radius 1 is 1.35 bits per heavy atom. The van der Waals surface area contributed by atoms with E-state index in [0.29, 0.717) is 19.7 Å². The molecule has 0 bridgehead atoms. The lowest BCUT2D eigenvalue weighted by atomic mass is 9.96. The summed E-state index contributed by atoms with van der Waals surface area (Å²) in [5.41, 5.74) is 1.47. The molecule has 2 aromatic heterocycles. The fraction of sp³-hybridized carbons (Fsp3) is 0.688. The van der Waals surface area contributed by atoms with Crippen molar-refractivity contribution >= 4 is 17.0 Å². The second kappa shape index (κ2) is 6.05. The number of β-amino-alcohol motifs (C(OH)–C–C–N with tert-alkyl or cyclic N) is 1. The smallest absolute Gasteiger partial charge is 0.165 e. The highest BCUT2D eigenvalue weighted by molar-refractivity contribution is 5.84. The van der Waals surface area contributed by atoms with Crippen LogP contribution >= 0.6 is 0 Å². The number of imidazole rings is 1. The second-order valence-electron chi connectivity index (χ2n) is 7.11. The first kappa shape index (κ1) is 16.1. The predicted octanol–water partition coefficient (Wildman–Crippen LogP) is 1.34. The summed E-state index contributed by atoms with van der Waals surface area (Å²) in [6.45, 7) is 9.02. The Hall–Kier alpha value is -1.73. The van der Waals surface area contributed by atoms with Gasteiger partial charge in [0.2, 0.25) is 0 Å². The minimum atomic E-state index is -0.298. The number of fused-ring (bicyclic) bond motifs is 1. The number of ether oxygens (including phenoxy) is 1. The molecular formula is C16H25N5O2. The van der Waals surface area contributed by atoms with Gasteiger partial charge in [-0.2, -0.15) is 0 Å². The molecule has 1 fully saturated rings. The van der Waals surface area contributed by atoms with Gasteiger partial charge in [-0.15, -0.1) is 0 Å². The van der Waals surface area contributed by atoms with Crippen molar-refractivity contribution in [2.75, 3.05) is 31.7 Å². The Balaban J connectivity index is 2.11. The van der Waals surface area contributed by atoms with Crippen LogP contribution in [0, 0.1) is 0 Å². The molecule has 0 radical (unpaired) electrons. The van der Waals surface area contributed by atoms with Gasteiger partial charge in [0.1, 0.15) is 5.82 Å². The van der Waals surface area contributed by atoms with E-state index >= 15 is 0 Å². The lowest BCUT2D eigenvalue weighted by Gasteiger charge is -2.22. The first-order valence-electron chi connectivity index (χ1n) is 8.05. The summed E-state index contributed by atoms with van der Waals surface area (Å²) in [7, 11) is 1.69. The molecule has 1 atom stereocenters. The molecule has 2 aromatic rings. The molecule has 0 amide bonds. The molecule has 0 aromatic carbocycles. The SMILES string of the molecule is COCCn1cnc2c(N3CCC(O)C3)nc(C(C)(C)C)nc21. The first-order chi connectivity index (χ1) is 10.9. The van der Waals surface area contributed by atoms with Crippen molar-refractivity contribution in [1.82, 2.24) is 19.5 Å². The van der Waals surface area contributed by atoms with Crippen LogP contribution in [0.15, 0.2) is 6.33 Å². The van der Waals surface area contributed by atoms with E-state index < -0.39 is 0 Å². The van der Waals surface area contributed by atoms with Gasteiger partial charge in [0.25, 0.3) is 0 Å². The quantitative estimate of drug-likeness (QED) is 0.916. The highest BCUT2D eigenvalue weighted by Crippen LogP contribution is 2.29. The Bertz CT molecular complexity index is 692. The summed E-state index contributed by atoms with van der Waals surface area (Å²) in [5, 5.41) is 9.86. The molecule has 1 aliphatic rings. The van der Waals surface area contributed by atoms with E-state index in [2.05, 4.69) is 30.7 Å². The highest BCUT2D eigenvalue weighted by Gasteiger charge is 2.28. The zero-order valence-corrected chi connectivity index (χ0v) is 14.3. The maximum absolute atomic E-state index is 9.86. The van der Waals surface area contributed by atoms with Crippen LogP contribution in [0.5, 0.6) is 0 Å². The minimum Gasteiger partial charge on any atom is -0.391 e. The molecule has 1 N–H and O–H groups in total. The minimum absolute atomic E-state index is 0.155. The molecule has 3 rings (SSSR count). The molecule has 1 unspecified atom stereocenters. The van der Waals surface area contributed by atoms with Crippen LogP contribution < -0.4 is 4.90 Å². The number of aromatic nitrogens is 4. The zero-order valence-electron chi connectivity index (χ0n) is 14.3. The van der Waals surface area contributed by atoms with Crippen molar-refractivity contribution in [1.29, 1.82) is 0 Å². The molecule has 1 aliphatic heterocycles. The van der Waals surface area contributed by atoms with Gasteiger partial charge in [-0.3, -0.25) is 0 Å². The third kappa shape index (κ3) is 3.16. The Morgan fingerprint density at radius 3 is 2.74 bits per heavy atom. The van der Waals surface area contributed by atoms with Gasteiger partial charge >= 0.3 is 0 Å². The summed E-state index contributed by atoms with van der Waals surface area (Å²) >= 11 is 0. The molecule has 0 aliphatic carbocycles. The van der Waals surface area contributed by atoms with Gasteiger partial charge in [0.15, 0.2) is 17.0 Å². The molecule has 7 nitrogen and oxygen atoms in total. The Labute approximate surface area is 136 Å².